The fourth-order valence-corrected chi connectivity index (χ4v) is 3.00. The predicted molar refractivity (Wildman–Crippen MR) is 95.6 cm³/mol. The van der Waals surface area contributed by atoms with Gasteiger partial charge in [0.25, 0.3) is 0 Å². The van der Waals surface area contributed by atoms with Crippen LogP contribution in [-0.2, 0) is 4.74 Å². The standard InChI is InChI=1S/C19H30N2O3/c1-4-11-23-14-17-8-10-21(13-17)19(22)20-9-12-24-18-15(2)6-5-7-16(18)3/h5-7,17H,4,8-14H2,1-3H3,(H,20,22). The first-order valence-electron chi connectivity index (χ1n) is 8.91. The normalized spacial score (nSPS) is 17.1. The minimum absolute atomic E-state index is 0.00176. The molecular weight excluding hydrogens is 304 g/mol. The number of aryl methyl sites for hydroxylation is 2. The van der Waals surface area contributed by atoms with Gasteiger partial charge in [0.1, 0.15) is 12.4 Å². The second-order valence-corrected chi connectivity index (χ2v) is 6.48. The van der Waals surface area contributed by atoms with Crippen LogP contribution in [0.2, 0.25) is 0 Å². The summed E-state index contributed by atoms with van der Waals surface area (Å²) in [5, 5.41) is 2.94. The highest BCUT2D eigenvalue weighted by Gasteiger charge is 2.25. The number of hydrogen-bond acceptors (Lipinski definition) is 3. The molecule has 0 bridgehead atoms. The lowest BCUT2D eigenvalue weighted by Crippen LogP contribution is -2.40. The van der Waals surface area contributed by atoms with Gasteiger partial charge in [0, 0.05) is 25.6 Å². The van der Waals surface area contributed by atoms with Crippen molar-refractivity contribution in [1.29, 1.82) is 0 Å². The van der Waals surface area contributed by atoms with Crippen LogP contribution in [0.5, 0.6) is 5.75 Å². The van der Waals surface area contributed by atoms with Crippen LogP contribution in [0.1, 0.15) is 30.9 Å². The Hall–Kier alpha value is -1.75. The van der Waals surface area contributed by atoms with E-state index in [0.717, 1.165) is 56.0 Å². The summed E-state index contributed by atoms with van der Waals surface area (Å²) in [6.45, 7) is 10.3. The lowest BCUT2D eigenvalue weighted by atomic mass is 10.1. The molecule has 134 valence electrons. The number of nitrogens with zero attached hydrogens (tertiary/aromatic N) is 1. The highest BCUT2D eigenvalue weighted by atomic mass is 16.5. The Kier molecular flexibility index (Phi) is 7.37. The van der Waals surface area contributed by atoms with E-state index in [2.05, 4.69) is 12.2 Å². The first-order valence-corrected chi connectivity index (χ1v) is 8.91. The van der Waals surface area contributed by atoms with Crippen molar-refractivity contribution >= 4 is 6.03 Å². The molecule has 2 rings (SSSR count). The molecule has 1 unspecified atom stereocenters. The maximum Gasteiger partial charge on any atom is 0.317 e. The Morgan fingerprint density at radius 1 is 1.29 bits per heavy atom. The maximum atomic E-state index is 12.2. The summed E-state index contributed by atoms with van der Waals surface area (Å²) in [6.07, 6.45) is 2.06. The molecule has 1 aromatic rings. The molecule has 1 fully saturated rings. The van der Waals surface area contributed by atoms with E-state index in [4.69, 9.17) is 9.47 Å². The average Bonchev–Trinajstić information content (AvgIpc) is 3.03. The molecule has 2 amide bonds. The number of rotatable bonds is 8. The molecule has 5 nitrogen and oxygen atoms in total. The van der Waals surface area contributed by atoms with Crippen molar-refractivity contribution in [3.05, 3.63) is 29.3 Å². The molecule has 24 heavy (non-hydrogen) atoms. The molecule has 1 aliphatic heterocycles. The zero-order valence-corrected chi connectivity index (χ0v) is 15.1. The van der Waals surface area contributed by atoms with E-state index in [0.29, 0.717) is 19.1 Å². The van der Waals surface area contributed by atoms with Gasteiger partial charge in [-0.05, 0) is 37.8 Å². The number of para-hydroxylation sites is 1. The summed E-state index contributed by atoms with van der Waals surface area (Å²) in [4.78, 5) is 14.1. The topological polar surface area (TPSA) is 50.8 Å². The summed E-state index contributed by atoms with van der Waals surface area (Å²) in [5.74, 6) is 1.38. The highest BCUT2D eigenvalue weighted by molar-refractivity contribution is 5.74. The van der Waals surface area contributed by atoms with Crippen molar-refractivity contribution < 1.29 is 14.3 Å². The van der Waals surface area contributed by atoms with Crippen LogP contribution < -0.4 is 10.1 Å². The van der Waals surface area contributed by atoms with Crippen LogP contribution in [-0.4, -0.2) is 50.4 Å². The number of ether oxygens (including phenoxy) is 2. The van der Waals surface area contributed by atoms with Crippen molar-refractivity contribution in [1.82, 2.24) is 10.2 Å². The molecule has 1 N–H and O–H groups in total. The number of amides is 2. The van der Waals surface area contributed by atoms with E-state index in [1.807, 2.05) is 36.9 Å². The molecule has 1 aliphatic rings. The Balaban J connectivity index is 1.65. The Morgan fingerprint density at radius 2 is 2.04 bits per heavy atom. The lowest BCUT2D eigenvalue weighted by Gasteiger charge is -2.18. The second-order valence-electron chi connectivity index (χ2n) is 6.48. The van der Waals surface area contributed by atoms with Crippen LogP contribution >= 0.6 is 0 Å². The first-order chi connectivity index (χ1) is 11.6. The van der Waals surface area contributed by atoms with Gasteiger partial charge in [0.15, 0.2) is 0 Å². The summed E-state index contributed by atoms with van der Waals surface area (Å²) in [6, 6.07) is 6.09. The van der Waals surface area contributed by atoms with E-state index in [9.17, 15) is 4.79 Å². The van der Waals surface area contributed by atoms with Gasteiger partial charge in [0.05, 0.1) is 13.2 Å². The van der Waals surface area contributed by atoms with Gasteiger partial charge >= 0.3 is 6.03 Å². The molecule has 0 aliphatic carbocycles. The van der Waals surface area contributed by atoms with E-state index < -0.39 is 0 Å². The molecule has 5 heteroatoms. The molecular formula is C19H30N2O3. The largest absolute Gasteiger partial charge is 0.491 e. The molecule has 1 saturated heterocycles. The maximum absolute atomic E-state index is 12.2. The SMILES string of the molecule is CCCOCC1CCN(C(=O)NCCOc2c(C)cccc2C)C1. The minimum atomic E-state index is -0.00176. The number of carbonyl (C=O) groups excluding carboxylic acids is 1. The predicted octanol–water partition coefficient (Wildman–Crippen LogP) is 3.14. The van der Waals surface area contributed by atoms with E-state index >= 15 is 0 Å². The number of carbonyl (C=O) groups is 1. The Labute approximate surface area is 145 Å². The summed E-state index contributed by atoms with van der Waals surface area (Å²) in [7, 11) is 0. The van der Waals surface area contributed by atoms with Crippen molar-refractivity contribution in [3.63, 3.8) is 0 Å². The molecule has 1 atom stereocenters. The third kappa shape index (κ3) is 5.41. The van der Waals surface area contributed by atoms with E-state index in [-0.39, 0.29) is 6.03 Å². The molecule has 0 spiro atoms. The van der Waals surface area contributed by atoms with E-state index in [1.165, 1.54) is 0 Å². The summed E-state index contributed by atoms with van der Waals surface area (Å²) in [5.41, 5.74) is 2.24. The third-order valence-electron chi connectivity index (χ3n) is 4.31. The molecule has 0 saturated carbocycles. The monoisotopic (exact) mass is 334 g/mol. The molecule has 0 aromatic heterocycles. The van der Waals surface area contributed by atoms with Crippen molar-refractivity contribution in [2.24, 2.45) is 5.92 Å². The van der Waals surface area contributed by atoms with Crippen LogP contribution in [0.15, 0.2) is 18.2 Å². The minimum Gasteiger partial charge on any atom is -0.491 e. The second kappa shape index (κ2) is 9.52. The highest BCUT2D eigenvalue weighted by Crippen LogP contribution is 2.22. The van der Waals surface area contributed by atoms with Gasteiger partial charge in [-0.1, -0.05) is 25.1 Å². The van der Waals surface area contributed by atoms with E-state index in [1.54, 1.807) is 0 Å². The summed E-state index contributed by atoms with van der Waals surface area (Å²) >= 11 is 0. The van der Waals surface area contributed by atoms with Crippen LogP contribution in [0, 0.1) is 19.8 Å². The van der Waals surface area contributed by atoms with Gasteiger partial charge in [0.2, 0.25) is 0 Å². The Morgan fingerprint density at radius 3 is 2.75 bits per heavy atom. The van der Waals surface area contributed by atoms with Crippen molar-refractivity contribution in [2.75, 3.05) is 39.5 Å². The molecule has 1 aromatic carbocycles. The van der Waals surface area contributed by atoms with Gasteiger partial charge in [-0.2, -0.15) is 0 Å². The van der Waals surface area contributed by atoms with Crippen LogP contribution in [0.4, 0.5) is 4.79 Å². The average molecular weight is 334 g/mol. The lowest BCUT2D eigenvalue weighted by molar-refractivity contribution is 0.102. The number of likely N-dealkylation sites (tertiary alicyclic amines) is 1. The zero-order chi connectivity index (χ0) is 17.4. The Bertz CT molecular complexity index is 513. The quantitative estimate of drug-likeness (QED) is 0.743. The zero-order valence-electron chi connectivity index (χ0n) is 15.1. The number of benzene rings is 1. The first kappa shape index (κ1) is 18.6. The number of urea groups is 1. The number of nitrogens with one attached hydrogen (secondary N) is 1. The molecule has 0 radical (unpaired) electrons. The fourth-order valence-electron chi connectivity index (χ4n) is 3.00. The summed E-state index contributed by atoms with van der Waals surface area (Å²) < 4.78 is 11.4. The van der Waals surface area contributed by atoms with Crippen LogP contribution in [0.25, 0.3) is 0 Å². The number of hydrogen-bond donors (Lipinski definition) is 1. The fraction of sp³-hybridized carbons (Fsp3) is 0.632. The smallest absolute Gasteiger partial charge is 0.317 e. The molecule has 1 heterocycles. The third-order valence-corrected chi connectivity index (χ3v) is 4.31. The van der Waals surface area contributed by atoms with Gasteiger partial charge in [-0.3, -0.25) is 0 Å². The van der Waals surface area contributed by atoms with Crippen molar-refractivity contribution in [3.8, 4) is 5.75 Å². The van der Waals surface area contributed by atoms with Gasteiger partial charge in [-0.25, -0.2) is 4.79 Å². The van der Waals surface area contributed by atoms with Crippen LogP contribution in [0.3, 0.4) is 0 Å². The van der Waals surface area contributed by atoms with Crippen molar-refractivity contribution in [2.45, 2.75) is 33.6 Å². The van der Waals surface area contributed by atoms with Gasteiger partial charge < -0.3 is 19.7 Å². The van der Waals surface area contributed by atoms with Gasteiger partial charge in [-0.15, -0.1) is 0 Å².